The molecule has 0 spiro atoms. The SMILES string of the molecule is NC(=O)c1ccccc1OCC(=O)NCCc1ccccc1. The Balaban J connectivity index is 1.77. The third-order valence-electron chi connectivity index (χ3n) is 3.09. The molecule has 0 atom stereocenters. The quantitative estimate of drug-likeness (QED) is 0.813. The van der Waals surface area contributed by atoms with Crippen LogP contribution < -0.4 is 15.8 Å². The van der Waals surface area contributed by atoms with Crippen LogP contribution >= 0.6 is 0 Å². The minimum absolute atomic E-state index is 0.154. The fourth-order valence-electron chi connectivity index (χ4n) is 1.98. The summed E-state index contributed by atoms with van der Waals surface area (Å²) in [7, 11) is 0. The number of nitrogens with two attached hydrogens (primary N) is 1. The molecule has 0 saturated carbocycles. The van der Waals surface area contributed by atoms with Crippen LogP contribution in [0.4, 0.5) is 0 Å². The van der Waals surface area contributed by atoms with Crippen molar-refractivity contribution in [3.63, 3.8) is 0 Å². The summed E-state index contributed by atoms with van der Waals surface area (Å²) in [5, 5.41) is 2.77. The Morgan fingerprint density at radius 1 is 1.00 bits per heavy atom. The third-order valence-corrected chi connectivity index (χ3v) is 3.09. The van der Waals surface area contributed by atoms with Gasteiger partial charge in [0.05, 0.1) is 5.56 Å². The molecule has 0 aromatic heterocycles. The highest BCUT2D eigenvalue weighted by Crippen LogP contribution is 2.16. The summed E-state index contributed by atoms with van der Waals surface area (Å²) in [6, 6.07) is 16.5. The number of rotatable bonds is 7. The zero-order chi connectivity index (χ0) is 15.8. The van der Waals surface area contributed by atoms with E-state index in [0.717, 1.165) is 12.0 Å². The average Bonchev–Trinajstić information content (AvgIpc) is 2.54. The number of primary amides is 1. The Morgan fingerprint density at radius 3 is 2.41 bits per heavy atom. The van der Waals surface area contributed by atoms with Crippen LogP contribution in [0.2, 0.25) is 0 Å². The van der Waals surface area contributed by atoms with Crippen LogP contribution in [0.15, 0.2) is 54.6 Å². The van der Waals surface area contributed by atoms with E-state index in [2.05, 4.69) is 5.32 Å². The number of nitrogens with one attached hydrogen (secondary N) is 1. The number of carbonyl (C=O) groups is 2. The summed E-state index contributed by atoms with van der Waals surface area (Å²) in [6.45, 7) is 0.378. The summed E-state index contributed by atoms with van der Waals surface area (Å²) in [6.07, 6.45) is 0.754. The van der Waals surface area contributed by atoms with Crippen molar-refractivity contribution < 1.29 is 14.3 Å². The first-order valence-electron chi connectivity index (χ1n) is 6.99. The lowest BCUT2D eigenvalue weighted by atomic mass is 10.1. The number of para-hydroxylation sites is 1. The molecule has 5 nitrogen and oxygen atoms in total. The van der Waals surface area contributed by atoms with E-state index in [1.165, 1.54) is 0 Å². The van der Waals surface area contributed by atoms with Gasteiger partial charge in [-0.3, -0.25) is 9.59 Å². The predicted octanol–water partition coefficient (Wildman–Crippen LogP) is 1.52. The van der Waals surface area contributed by atoms with Gasteiger partial charge >= 0.3 is 0 Å². The van der Waals surface area contributed by atoms with Crippen molar-refractivity contribution in [2.24, 2.45) is 5.73 Å². The highest BCUT2D eigenvalue weighted by atomic mass is 16.5. The average molecular weight is 298 g/mol. The zero-order valence-corrected chi connectivity index (χ0v) is 12.1. The van der Waals surface area contributed by atoms with Crippen LogP contribution in [-0.4, -0.2) is 25.0 Å². The molecule has 0 heterocycles. The van der Waals surface area contributed by atoms with Gasteiger partial charge in [0.15, 0.2) is 6.61 Å². The second-order valence-electron chi connectivity index (χ2n) is 4.73. The molecule has 5 heteroatoms. The molecule has 0 bridgehead atoms. The molecule has 22 heavy (non-hydrogen) atoms. The third kappa shape index (κ3) is 4.63. The number of hydrogen-bond acceptors (Lipinski definition) is 3. The molecule has 0 aliphatic heterocycles. The maximum absolute atomic E-state index is 11.7. The zero-order valence-electron chi connectivity index (χ0n) is 12.1. The fourth-order valence-corrected chi connectivity index (χ4v) is 1.98. The number of carbonyl (C=O) groups excluding carboxylic acids is 2. The van der Waals surface area contributed by atoms with Gasteiger partial charge < -0.3 is 15.8 Å². The molecule has 2 aromatic carbocycles. The number of hydrogen-bond donors (Lipinski definition) is 2. The molecule has 2 aromatic rings. The molecule has 0 unspecified atom stereocenters. The Labute approximate surface area is 129 Å². The van der Waals surface area contributed by atoms with Gasteiger partial charge in [-0.05, 0) is 24.1 Å². The van der Waals surface area contributed by atoms with Crippen LogP contribution in [0, 0.1) is 0 Å². The van der Waals surface area contributed by atoms with Crippen molar-refractivity contribution in [2.75, 3.05) is 13.2 Å². The minimum Gasteiger partial charge on any atom is -0.483 e. The summed E-state index contributed by atoms with van der Waals surface area (Å²) in [5.74, 6) is -0.511. The molecule has 2 amide bonds. The number of benzene rings is 2. The van der Waals surface area contributed by atoms with E-state index in [-0.39, 0.29) is 18.1 Å². The lowest BCUT2D eigenvalue weighted by Crippen LogP contribution is -2.30. The van der Waals surface area contributed by atoms with Crippen molar-refractivity contribution in [3.8, 4) is 5.75 Å². The second kappa shape index (κ2) is 7.83. The smallest absolute Gasteiger partial charge is 0.257 e. The van der Waals surface area contributed by atoms with E-state index in [4.69, 9.17) is 10.5 Å². The van der Waals surface area contributed by atoms with Crippen LogP contribution in [0.5, 0.6) is 5.75 Å². The number of amides is 2. The minimum atomic E-state index is -0.583. The van der Waals surface area contributed by atoms with Crippen LogP contribution in [-0.2, 0) is 11.2 Å². The summed E-state index contributed by atoms with van der Waals surface area (Å²) in [4.78, 5) is 23.0. The lowest BCUT2D eigenvalue weighted by Gasteiger charge is -2.09. The molecule has 0 saturated heterocycles. The highest BCUT2D eigenvalue weighted by molar-refractivity contribution is 5.95. The molecule has 114 valence electrons. The van der Waals surface area contributed by atoms with E-state index in [1.807, 2.05) is 30.3 Å². The Morgan fingerprint density at radius 2 is 1.68 bits per heavy atom. The molecule has 0 fully saturated rings. The first-order chi connectivity index (χ1) is 10.7. The van der Waals surface area contributed by atoms with Gasteiger partial charge in [0.2, 0.25) is 0 Å². The van der Waals surface area contributed by atoms with Crippen LogP contribution in [0.3, 0.4) is 0 Å². The first kappa shape index (κ1) is 15.6. The largest absolute Gasteiger partial charge is 0.483 e. The van der Waals surface area contributed by atoms with Crippen molar-refractivity contribution in [3.05, 3.63) is 65.7 Å². The molecule has 3 N–H and O–H groups in total. The lowest BCUT2D eigenvalue weighted by molar-refractivity contribution is -0.123. The monoisotopic (exact) mass is 298 g/mol. The van der Waals surface area contributed by atoms with Crippen molar-refractivity contribution >= 4 is 11.8 Å². The second-order valence-corrected chi connectivity index (χ2v) is 4.73. The molecule has 0 radical (unpaired) electrons. The van der Waals surface area contributed by atoms with E-state index in [1.54, 1.807) is 24.3 Å². The first-order valence-corrected chi connectivity index (χ1v) is 6.99. The van der Waals surface area contributed by atoms with Crippen molar-refractivity contribution in [1.29, 1.82) is 0 Å². The van der Waals surface area contributed by atoms with E-state index < -0.39 is 5.91 Å². The highest BCUT2D eigenvalue weighted by Gasteiger charge is 2.10. The molecule has 0 aliphatic carbocycles. The molecular weight excluding hydrogens is 280 g/mol. The van der Waals surface area contributed by atoms with Gasteiger partial charge in [-0.15, -0.1) is 0 Å². The maximum Gasteiger partial charge on any atom is 0.257 e. The van der Waals surface area contributed by atoms with E-state index >= 15 is 0 Å². The van der Waals surface area contributed by atoms with E-state index in [0.29, 0.717) is 12.3 Å². The fraction of sp³-hybridized carbons (Fsp3) is 0.176. The van der Waals surface area contributed by atoms with Gasteiger partial charge in [0.1, 0.15) is 5.75 Å². The molecule has 0 aliphatic rings. The summed E-state index contributed by atoms with van der Waals surface area (Å²) < 4.78 is 5.35. The van der Waals surface area contributed by atoms with Crippen molar-refractivity contribution in [1.82, 2.24) is 5.32 Å². The summed E-state index contributed by atoms with van der Waals surface area (Å²) in [5.41, 5.74) is 6.66. The number of ether oxygens (including phenoxy) is 1. The summed E-state index contributed by atoms with van der Waals surface area (Å²) >= 11 is 0. The van der Waals surface area contributed by atoms with Gasteiger partial charge in [0, 0.05) is 6.54 Å². The van der Waals surface area contributed by atoms with Gasteiger partial charge in [0.25, 0.3) is 11.8 Å². The topological polar surface area (TPSA) is 81.4 Å². The predicted molar refractivity (Wildman–Crippen MR) is 83.6 cm³/mol. The standard InChI is InChI=1S/C17H18N2O3/c18-17(21)14-8-4-5-9-15(14)22-12-16(20)19-11-10-13-6-2-1-3-7-13/h1-9H,10-12H2,(H2,18,21)(H,19,20). The Hall–Kier alpha value is -2.82. The van der Waals surface area contributed by atoms with Crippen LogP contribution in [0.25, 0.3) is 0 Å². The Bertz CT molecular complexity index is 641. The maximum atomic E-state index is 11.7. The van der Waals surface area contributed by atoms with Gasteiger partial charge in [-0.25, -0.2) is 0 Å². The molecule has 2 rings (SSSR count). The Kier molecular flexibility index (Phi) is 5.54. The van der Waals surface area contributed by atoms with E-state index in [9.17, 15) is 9.59 Å². The van der Waals surface area contributed by atoms with Crippen LogP contribution in [0.1, 0.15) is 15.9 Å². The normalized spacial score (nSPS) is 10.0. The van der Waals surface area contributed by atoms with Gasteiger partial charge in [-0.2, -0.15) is 0 Å². The van der Waals surface area contributed by atoms with Crippen molar-refractivity contribution in [2.45, 2.75) is 6.42 Å². The molecular formula is C17H18N2O3. The van der Waals surface area contributed by atoms with Gasteiger partial charge in [-0.1, -0.05) is 42.5 Å².